The third-order valence-electron chi connectivity index (χ3n) is 5.49. The monoisotopic (exact) mass is 410 g/mol. The first-order valence-corrected chi connectivity index (χ1v) is 10.4. The molecule has 1 N–H and O–H groups in total. The molecular weight excluding hydrogens is 388 g/mol. The maximum atomic E-state index is 13.0. The molecule has 2 aromatic carbocycles. The minimum atomic E-state index is 0.0732. The number of aromatic nitrogens is 3. The van der Waals surface area contributed by atoms with Gasteiger partial charge in [-0.15, -0.1) is 0 Å². The molecule has 0 aliphatic carbocycles. The van der Waals surface area contributed by atoms with Gasteiger partial charge in [0.1, 0.15) is 6.33 Å². The van der Waals surface area contributed by atoms with E-state index in [4.69, 9.17) is 4.74 Å². The average molecular weight is 410 g/mol. The Hall–Kier alpha value is -3.64. The molecule has 0 amide bonds. The molecule has 2 aromatic heterocycles. The van der Waals surface area contributed by atoms with Crippen molar-refractivity contribution >= 4 is 16.7 Å². The summed E-state index contributed by atoms with van der Waals surface area (Å²) in [4.78, 5) is 26.3. The van der Waals surface area contributed by atoms with Crippen LogP contribution < -0.4 is 10.1 Å². The van der Waals surface area contributed by atoms with Crippen LogP contribution in [-0.2, 0) is 19.4 Å². The molecular formula is C25H22N4O2. The van der Waals surface area contributed by atoms with Crippen LogP contribution in [-0.4, -0.2) is 27.3 Å². The van der Waals surface area contributed by atoms with E-state index in [9.17, 15) is 4.79 Å². The Morgan fingerprint density at radius 3 is 2.90 bits per heavy atom. The van der Waals surface area contributed by atoms with Crippen LogP contribution in [0.2, 0.25) is 0 Å². The van der Waals surface area contributed by atoms with E-state index >= 15 is 0 Å². The number of Topliss-reactive ketones (excluding diaryl/α,β-unsaturated/α-hetero) is 1. The lowest BCUT2D eigenvalue weighted by Crippen LogP contribution is -2.25. The second-order valence-corrected chi connectivity index (χ2v) is 7.74. The van der Waals surface area contributed by atoms with Crippen LogP contribution in [0.4, 0.5) is 0 Å². The van der Waals surface area contributed by atoms with Crippen molar-refractivity contribution in [2.24, 2.45) is 0 Å². The van der Waals surface area contributed by atoms with Crippen molar-refractivity contribution in [2.75, 3.05) is 6.54 Å². The summed E-state index contributed by atoms with van der Waals surface area (Å²) in [5.74, 6) is 1.07. The second-order valence-electron chi connectivity index (χ2n) is 7.74. The average Bonchev–Trinajstić information content (AvgIpc) is 2.79. The molecule has 0 fully saturated rings. The number of pyridine rings is 1. The summed E-state index contributed by atoms with van der Waals surface area (Å²) >= 11 is 0. The number of nitrogens with one attached hydrogen (secondary N) is 1. The Kier molecular flexibility index (Phi) is 5.14. The van der Waals surface area contributed by atoms with E-state index in [1.165, 1.54) is 6.33 Å². The van der Waals surface area contributed by atoms with Crippen molar-refractivity contribution in [3.8, 4) is 11.8 Å². The van der Waals surface area contributed by atoms with Gasteiger partial charge in [-0.05, 0) is 37.6 Å². The lowest BCUT2D eigenvalue weighted by atomic mass is 9.98. The van der Waals surface area contributed by atoms with Crippen LogP contribution in [0.3, 0.4) is 0 Å². The molecule has 3 heterocycles. The van der Waals surface area contributed by atoms with Crippen molar-refractivity contribution in [3.63, 3.8) is 0 Å². The van der Waals surface area contributed by atoms with Gasteiger partial charge >= 0.3 is 0 Å². The number of carbonyl (C=O) groups excluding carboxylic acids is 1. The first-order chi connectivity index (χ1) is 15.2. The van der Waals surface area contributed by atoms with Crippen LogP contribution in [0.15, 0.2) is 60.9 Å². The fourth-order valence-electron chi connectivity index (χ4n) is 3.98. The number of hydrogen-bond acceptors (Lipinski definition) is 6. The fourth-order valence-corrected chi connectivity index (χ4v) is 3.98. The van der Waals surface area contributed by atoms with Crippen LogP contribution in [0.25, 0.3) is 10.9 Å². The first-order valence-electron chi connectivity index (χ1n) is 10.4. The quantitative estimate of drug-likeness (QED) is 0.497. The summed E-state index contributed by atoms with van der Waals surface area (Å²) in [7, 11) is 0. The number of carbonyl (C=O) groups is 1. The second kappa shape index (κ2) is 8.24. The molecule has 0 saturated carbocycles. The highest BCUT2D eigenvalue weighted by atomic mass is 16.5. The van der Waals surface area contributed by atoms with E-state index in [2.05, 4.69) is 20.3 Å². The number of rotatable bonds is 5. The third-order valence-corrected chi connectivity index (χ3v) is 5.49. The molecule has 6 nitrogen and oxygen atoms in total. The number of benzene rings is 2. The number of hydrogen-bond donors (Lipinski definition) is 1. The zero-order valence-electron chi connectivity index (χ0n) is 17.3. The Labute approximate surface area is 180 Å². The van der Waals surface area contributed by atoms with Gasteiger partial charge in [0.2, 0.25) is 11.8 Å². The van der Waals surface area contributed by atoms with Gasteiger partial charge in [-0.3, -0.25) is 4.79 Å². The molecule has 1 aliphatic heterocycles. The van der Waals surface area contributed by atoms with Crippen molar-refractivity contribution in [1.82, 2.24) is 20.3 Å². The maximum absolute atomic E-state index is 13.0. The lowest BCUT2D eigenvalue weighted by Gasteiger charge is -2.18. The lowest BCUT2D eigenvalue weighted by molar-refractivity contribution is 0.0994. The summed E-state index contributed by atoms with van der Waals surface area (Å²) in [5.41, 5.74) is 5.53. The van der Waals surface area contributed by atoms with Crippen molar-refractivity contribution < 1.29 is 9.53 Å². The topological polar surface area (TPSA) is 77.0 Å². The summed E-state index contributed by atoms with van der Waals surface area (Å²) in [6, 6.07) is 17.3. The predicted octanol–water partition coefficient (Wildman–Crippen LogP) is 4.20. The molecule has 0 radical (unpaired) electrons. The Balaban J connectivity index is 1.43. The van der Waals surface area contributed by atoms with Crippen LogP contribution in [0.1, 0.15) is 32.7 Å². The highest BCUT2D eigenvalue weighted by molar-refractivity contribution is 6.08. The van der Waals surface area contributed by atoms with Gasteiger partial charge in [0.15, 0.2) is 5.78 Å². The minimum absolute atomic E-state index is 0.0732. The van der Waals surface area contributed by atoms with E-state index in [0.717, 1.165) is 46.3 Å². The van der Waals surface area contributed by atoms with Gasteiger partial charge in [0.05, 0.1) is 11.2 Å². The van der Waals surface area contributed by atoms with Gasteiger partial charge in [-0.2, -0.15) is 0 Å². The molecule has 4 aromatic rings. The van der Waals surface area contributed by atoms with E-state index < -0.39 is 0 Å². The van der Waals surface area contributed by atoms with Crippen LogP contribution in [0.5, 0.6) is 11.8 Å². The molecule has 0 spiro atoms. The predicted molar refractivity (Wildman–Crippen MR) is 118 cm³/mol. The van der Waals surface area contributed by atoms with Crippen LogP contribution >= 0.6 is 0 Å². The number of ketones is 1. The highest BCUT2D eigenvalue weighted by Crippen LogP contribution is 2.28. The molecule has 6 heteroatoms. The number of fused-ring (bicyclic) bond motifs is 2. The van der Waals surface area contributed by atoms with Gasteiger partial charge in [0, 0.05) is 35.5 Å². The summed E-state index contributed by atoms with van der Waals surface area (Å²) in [6.07, 6.45) is 2.70. The van der Waals surface area contributed by atoms with Crippen molar-refractivity contribution in [2.45, 2.75) is 26.3 Å². The Bertz CT molecular complexity index is 1290. The molecule has 0 bridgehead atoms. The standard InChI is InChI=1S/C25H22N4O2/c1-16-4-2-5-17(12-16)13-23(30)19-6-3-7-21-18(19)8-9-24(29-21)31-25-20-10-11-26-14-22(20)27-15-28-25/h2-9,12,15,26H,10-11,13-14H2,1H3. The van der Waals surface area contributed by atoms with E-state index in [-0.39, 0.29) is 5.78 Å². The zero-order valence-corrected chi connectivity index (χ0v) is 17.3. The van der Waals surface area contributed by atoms with Crippen molar-refractivity contribution in [3.05, 3.63) is 88.9 Å². The molecule has 0 unspecified atom stereocenters. The molecule has 1 aliphatic rings. The minimum Gasteiger partial charge on any atom is -0.420 e. The Morgan fingerprint density at radius 1 is 1.10 bits per heavy atom. The number of aryl methyl sites for hydroxylation is 1. The van der Waals surface area contributed by atoms with Crippen molar-refractivity contribution in [1.29, 1.82) is 0 Å². The summed E-state index contributed by atoms with van der Waals surface area (Å²) in [5, 5.41) is 4.12. The smallest absolute Gasteiger partial charge is 0.227 e. The van der Waals surface area contributed by atoms with Gasteiger partial charge in [0.25, 0.3) is 0 Å². The molecule has 0 saturated heterocycles. The molecule has 5 rings (SSSR count). The molecule has 0 atom stereocenters. The normalized spacial score (nSPS) is 13.1. The first kappa shape index (κ1) is 19.3. The molecule has 154 valence electrons. The SMILES string of the molecule is Cc1cccc(CC(=O)c2cccc3nc(Oc4ncnc5c4CCNC5)ccc23)c1. The fraction of sp³-hybridized carbons (Fsp3) is 0.200. The summed E-state index contributed by atoms with van der Waals surface area (Å²) < 4.78 is 6.02. The zero-order chi connectivity index (χ0) is 21.2. The summed E-state index contributed by atoms with van der Waals surface area (Å²) in [6.45, 7) is 3.61. The Morgan fingerprint density at radius 2 is 2.00 bits per heavy atom. The number of nitrogens with zero attached hydrogens (tertiary/aromatic N) is 3. The van der Waals surface area contributed by atoms with Crippen LogP contribution in [0, 0.1) is 6.92 Å². The van der Waals surface area contributed by atoms with E-state index in [1.807, 2.05) is 55.5 Å². The largest absolute Gasteiger partial charge is 0.420 e. The van der Waals surface area contributed by atoms with Gasteiger partial charge in [-0.1, -0.05) is 42.0 Å². The van der Waals surface area contributed by atoms with Gasteiger partial charge in [-0.25, -0.2) is 15.0 Å². The van der Waals surface area contributed by atoms with E-state index in [0.29, 0.717) is 30.3 Å². The third kappa shape index (κ3) is 4.02. The van der Waals surface area contributed by atoms with E-state index in [1.54, 1.807) is 6.07 Å². The molecule has 31 heavy (non-hydrogen) atoms. The maximum Gasteiger partial charge on any atom is 0.227 e. The number of ether oxygens (including phenoxy) is 1. The van der Waals surface area contributed by atoms with Gasteiger partial charge < -0.3 is 10.1 Å². The highest BCUT2D eigenvalue weighted by Gasteiger charge is 2.18.